The first-order valence-electron chi connectivity index (χ1n) is 8.46. The van der Waals surface area contributed by atoms with Gasteiger partial charge in [0, 0.05) is 18.1 Å². The molecule has 0 atom stereocenters. The van der Waals surface area contributed by atoms with Crippen LogP contribution in [0.25, 0.3) is 0 Å². The monoisotopic (exact) mass is 424 g/mol. The molecule has 1 aliphatic heterocycles. The maximum absolute atomic E-state index is 12.8. The molecule has 0 aromatic heterocycles. The molecule has 1 N–H and O–H groups in total. The first kappa shape index (κ1) is 20.3. The molecule has 0 aliphatic carbocycles. The Balaban J connectivity index is 1.96. The minimum absolute atomic E-state index is 0.0770. The number of benzene rings is 2. The summed E-state index contributed by atoms with van der Waals surface area (Å²) in [6.07, 6.45) is 0. The molecule has 0 unspecified atom stereocenters. The molecule has 150 valence electrons. The lowest BCUT2D eigenvalue weighted by atomic mass is 9.93. The molecule has 28 heavy (non-hydrogen) atoms. The van der Waals surface area contributed by atoms with Crippen molar-refractivity contribution in [3.05, 3.63) is 41.4 Å². The van der Waals surface area contributed by atoms with Crippen molar-refractivity contribution in [1.29, 1.82) is 0 Å². The van der Waals surface area contributed by atoms with E-state index >= 15 is 0 Å². The zero-order valence-electron chi connectivity index (χ0n) is 15.9. The summed E-state index contributed by atoms with van der Waals surface area (Å²) in [5.41, 5.74) is 0.168. The number of hydrogen-bond acceptors (Lipinski definition) is 5. The fourth-order valence-electron chi connectivity index (χ4n) is 2.92. The number of amides is 1. The molecule has 2 aromatic rings. The Kier molecular flexibility index (Phi) is 5.20. The number of methoxy groups -OCH3 is 1. The van der Waals surface area contributed by atoms with Gasteiger partial charge in [-0.2, -0.15) is 0 Å². The zero-order chi connectivity index (χ0) is 20.7. The Labute approximate surface area is 169 Å². The van der Waals surface area contributed by atoms with Crippen molar-refractivity contribution in [3.63, 3.8) is 0 Å². The summed E-state index contributed by atoms with van der Waals surface area (Å²) in [5.74, 6) is 0.512. The number of rotatable bonds is 4. The fourth-order valence-corrected chi connectivity index (χ4v) is 4.41. The van der Waals surface area contributed by atoms with Crippen LogP contribution >= 0.6 is 11.6 Å². The van der Waals surface area contributed by atoms with Crippen LogP contribution in [-0.2, 0) is 14.8 Å². The predicted molar refractivity (Wildman–Crippen MR) is 108 cm³/mol. The molecular formula is C19H21ClN2O5S. The van der Waals surface area contributed by atoms with Crippen molar-refractivity contribution < 1.29 is 22.7 Å². The van der Waals surface area contributed by atoms with Crippen molar-refractivity contribution in [2.75, 3.05) is 30.4 Å². The normalized spacial score (nSPS) is 16.0. The van der Waals surface area contributed by atoms with E-state index in [0.717, 1.165) is 0 Å². The van der Waals surface area contributed by atoms with Crippen LogP contribution in [-0.4, -0.2) is 35.1 Å². The van der Waals surface area contributed by atoms with Gasteiger partial charge in [0.25, 0.3) is 10.0 Å². The topological polar surface area (TPSA) is 84.9 Å². The Morgan fingerprint density at radius 3 is 2.61 bits per heavy atom. The van der Waals surface area contributed by atoms with E-state index in [-0.39, 0.29) is 28.2 Å². The third kappa shape index (κ3) is 3.74. The molecule has 2 aromatic carbocycles. The molecule has 0 saturated carbocycles. The lowest BCUT2D eigenvalue weighted by Gasteiger charge is -2.24. The first-order chi connectivity index (χ1) is 13.0. The highest BCUT2D eigenvalue weighted by molar-refractivity contribution is 7.92. The van der Waals surface area contributed by atoms with Crippen LogP contribution in [0.3, 0.4) is 0 Å². The van der Waals surface area contributed by atoms with Crippen LogP contribution in [0.5, 0.6) is 11.5 Å². The smallest absolute Gasteiger partial charge is 0.265 e. The quantitative estimate of drug-likeness (QED) is 0.811. The summed E-state index contributed by atoms with van der Waals surface area (Å²) in [6, 6.07) is 9.11. The van der Waals surface area contributed by atoms with Gasteiger partial charge in [0.1, 0.15) is 23.0 Å². The van der Waals surface area contributed by atoms with Gasteiger partial charge in [0.15, 0.2) is 0 Å². The second kappa shape index (κ2) is 7.18. The van der Waals surface area contributed by atoms with Gasteiger partial charge in [-0.15, -0.1) is 0 Å². The fraction of sp³-hybridized carbons (Fsp3) is 0.316. The summed E-state index contributed by atoms with van der Waals surface area (Å²) in [6.45, 7) is 3.78. The predicted octanol–water partition coefficient (Wildman–Crippen LogP) is 3.53. The van der Waals surface area contributed by atoms with Crippen LogP contribution in [0, 0.1) is 5.41 Å². The molecule has 9 heteroatoms. The number of carbonyl (C=O) groups is 1. The third-order valence-electron chi connectivity index (χ3n) is 4.46. The highest BCUT2D eigenvalue weighted by Crippen LogP contribution is 2.38. The highest BCUT2D eigenvalue weighted by Gasteiger charge is 2.36. The van der Waals surface area contributed by atoms with E-state index in [1.807, 2.05) is 0 Å². The second-order valence-corrected chi connectivity index (χ2v) is 9.21. The number of halogens is 1. The second-order valence-electron chi connectivity index (χ2n) is 7.12. The van der Waals surface area contributed by atoms with E-state index in [9.17, 15) is 13.2 Å². The Hall–Kier alpha value is -2.45. The van der Waals surface area contributed by atoms with Crippen LogP contribution in [0.2, 0.25) is 5.02 Å². The highest BCUT2D eigenvalue weighted by atomic mass is 35.5. The van der Waals surface area contributed by atoms with Crippen LogP contribution < -0.4 is 19.1 Å². The molecule has 1 heterocycles. The van der Waals surface area contributed by atoms with E-state index in [1.54, 1.807) is 45.2 Å². The summed E-state index contributed by atoms with van der Waals surface area (Å²) in [4.78, 5) is 14.0. The van der Waals surface area contributed by atoms with E-state index < -0.39 is 15.4 Å². The third-order valence-corrected chi connectivity index (χ3v) is 6.10. The van der Waals surface area contributed by atoms with E-state index in [2.05, 4.69) is 4.72 Å². The molecule has 1 amide bonds. The SMILES string of the molecule is COc1ccc(Cl)cc1S(=O)(=O)Nc1ccc2c(c1)OCC(C)(C)C(=O)N2C. The summed E-state index contributed by atoms with van der Waals surface area (Å²) in [7, 11) is -0.910. The minimum Gasteiger partial charge on any atom is -0.495 e. The number of anilines is 2. The lowest BCUT2D eigenvalue weighted by Crippen LogP contribution is -2.39. The summed E-state index contributed by atoms with van der Waals surface area (Å²) in [5, 5.41) is 0.272. The molecule has 7 nitrogen and oxygen atoms in total. The minimum atomic E-state index is -3.96. The van der Waals surface area contributed by atoms with E-state index in [4.69, 9.17) is 21.1 Å². The first-order valence-corrected chi connectivity index (χ1v) is 10.3. The van der Waals surface area contributed by atoms with Crippen LogP contribution in [0.1, 0.15) is 13.8 Å². The molecule has 0 fully saturated rings. The molecular weight excluding hydrogens is 404 g/mol. The van der Waals surface area contributed by atoms with Gasteiger partial charge in [0.05, 0.1) is 23.9 Å². The van der Waals surface area contributed by atoms with Gasteiger partial charge in [0.2, 0.25) is 5.91 Å². The zero-order valence-corrected chi connectivity index (χ0v) is 17.5. The number of nitrogens with zero attached hydrogens (tertiary/aromatic N) is 1. The number of fused-ring (bicyclic) bond motifs is 1. The molecule has 0 saturated heterocycles. The standard InChI is InChI=1S/C19H21ClN2O5S/c1-19(2)11-27-16-10-13(6-7-14(16)22(3)18(19)23)21-28(24,25)17-9-12(20)5-8-15(17)26-4/h5-10,21H,11H2,1-4H3. The number of hydrogen-bond donors (Lipinski definition) is 1. The van der Waals surface area contributed by atoms with Gasteiger partial charge < -0.3 is 14.4 Å². The van der Waals surface area contributed by atoms with E-state index in [1.165, 1.54) is 24.1 Å². The molecule has 0 radical (unpaired) electrons. The summed E-state index contributed by atoms with van der Waals surface area (Å²) < 4.78 is 39.1. The Bertz CT molecular complexity index is 1040. The van der Waals surface area contributed by atoms with Gasteiger partial charge >= 0.3 is 0 Å². The largest absolute Gasteiger partial charge is 0.495 e. The number of carbonyl (C=O) groups excluding carboxylic acids is 1. The number of ether oxygens (including phenoxy) is 2. The maximum Gasteiger partial charge on any atom is 0.265 e. The maximum atomic E-state index is 12.8. The average molecular weight is 425 g/mol. The van der Waals surface area contributed by atoms with Crippen molar-refractivity contribution in [2.45, 2.75) is 18.7 Å². The Morgan fingerprint density at radius 2 is 1.93 bits per heavy atom. The number of nitrogens with one attached hydrogen (secondary N) is 1. The van der Waals surface area contributed by atoms with Gasteiger partial charge in [-0.25, -0.2) is 8.42 Å². The van der Waals surface area contributed by atoms with Crippen molar-refractivity contribution in [3.8, 4) is 11.5 Å². The van der Waals surface area contributed by atoms with Crippen molar-refractivity contribution in [1.82, 2.24) is 0 Å². The Morgan fingerprint density at radius 1 is 1.21 bits per heavy atom. The van der Waals surface area contributed by atoms with Gasteiger partial charge in [-0.1, -0.05) is 11.6 Å². The van der Waals surface area contributed by atoms with E-state index in [0.29, 0.717) is 17.1 Å². The average Bonchev–Trinajstić information content (AvgIpc) is 2.72. The molecule has 0 bridgehead atoms. The molecule has 3 rings (SSSR count). The van der Waals surface area contributed by atoms with Crippen molar-refractivity contribution in [2.24, 2.45) is 5.41 Å². The molecule has 1 aliphatic rings. The van der Waals surface area contributed by atoms with Gasteiger partial charge in [-0.3, -0.25) is 9.52 Å². The van der Waals surface area contributed by atoms with Crippen LogP contribution in [0.4, 0.5) is 11.4 Å². The molecule has 0 spiro atoms. The van der Waals surface area contributed by atoms with Crippen LogP contribution in [0.15, 0.2) is 41.3 Å². The number of sulfonamides is 1. The van der Waals surface area contributed by atoms with Crippen molar-refractivity contribution >= 4 is 38.9 Å². The lowest BCUT2D eigenvalue weighted by molar-refractivity contribution is -0.127. The van der Waals surface area contributed by atoms with Gasteiger partial charge in [-0.05, 0) is 44.2 Å². The summed E-state index contributed by atoms with van der Waals surface area (Å²) >= 11 is 5.95.